The molecule has 0 bridgehead atoms. The van der Waals surface area contributed by atoms with Crippen molar-refractivity contribution in [3.05, 3.63) is 59.2 Å². The van der Waals surface area contributed by atoms with Crippen molar-refractivity contribution in [1.82, 2.24) is 5.32 Å². The zero-order valence-corrected chi connectivity index (χ0v) is 18.9. The van der Waals surface area contributed by atoms with Crippen molar-refractivity contribution in [2.24, 2.45) is 0 Å². The maximum Gasteiger partial charge on any atom is 0.243 e. The number of aliphatic hydroxyl groups is 1. The molecule has 2 aromatic carbocycles. The number of hydrogen-bond donors (Lipinski definition) is 4. The van der Waals surface area contributed by atoms with Crippen molar-refractivity contribution >= 4 is 23.7 Å². The van der Waals surface area contributed by atoms with Gasteiger partial charge in [0.25, 0.3) is 0 Å². The first-order chi connectivity index (χ1) is 14.0. The van der Waals surface area contributed by atoms with Gasteiger partial charge in [0.15, 0.2) is 0 Å². The highest BCUT2D eigenvalue weighted by molar-refractivity contribution is 6.00. The van der Waals surface area contributed by atoms with Crippen LogP contribution in [0.3, 0.4) is 0 Å². The Morgan fingerprint density at radius 1 is 1.10 bits per heavy atom. The van der Waals surface area contributed by atoms with Gasteiger partial charge in [0, 0.05) is 12.6 Å². The molecule has 0 atom stereocenters. The van der Waals surface area contributed by atoms with Gasteiger partial charge in [0.05, 0.1) is 17.9 Å². The smallest absolute Gasteiger partial charge is 0.243 e. The molecule has 0 unspecified atom stereocenters. The summed E-state index contributed by atoms with van der Waals surface area (Å²) in [5, 5.41) is 16.5. The lowest BCUT2D eigenvalue weighted by atomic mass is 9.87. The standard InChI is InChI=1S/C12H17NO.C9H10N2O.C3H8O/c1-12(2,3)11-6-4-10(5-7-11)8-13-9-14;1-6-2-3-7-8(4-6)11-9(12)5-10-7;1-3(2)4/h4-7,9H,8H2,1-3H3,(H,13,14);2-4,10H,5H2,1H3,(H,11,12);3-4H,1-2H3. The van der Waals surface area contributed by atoms with Gasteiger partial charge >= 0.3 is 0 Å². The van der Waals surface area contributed by atoms with Gasteiger partial charge in [0.2, 0.25) is 12.3 Å². The van der Waals surface area contributed by atoms with Crippen LogP contribution in [0.25, 0.3) is 0 Å². The maximum absolute atomic E-state index is 11.0. The van der Waals surface area contributed by atoms with E-state index in [1.807, 2.05) is 25.1 Å². The second-order valence-corrected chi connectivity index (χ2v) is 8.49. The van der Waals surface area contributed by atoms with Gasteiger partial charge in [-0.3, -0.25) is 9.59 Å². The average molecular weight is 414 g/mol. The predicted molar refractivity (Wildman–Crippen MR) is 124 cm³/mol. The molecule has 1 aliphatic rings. The number of carbonyl (C=O) groups excluding carboxylic acids is 2. The van der Waals surface area contributed by atoms with Crippen LogP contribution in [0.4, 0.5) is 11.4 Å². The van der Waals surface area contributed by atoms with E-state index in [1.54, 1.807) is 13.8 Å². The molecule has 0 fully saturated rings. The van der Waals surface area contributed by atoms with E-state index in [-0.39, 0.29) is 17.4 Å². The van der Waals surface area contributed by atoms with Crippen molar-refractivity contribution in [1.29, 1.82) is 0 Å². The summed E-state index contributed by atoms with van der Waals surface area (Å²) >= 11 is 0. The molecule has 0 saturated carbocycles. The molecule has 30 heavy (non-hydrogen) atoms. The molecule has 0 radical (unpaired) electrons. The van der Waals surface area contributed by atoms with E-state index in [0.29, 0.717) is 13.1 Å². The molecular weight excluding hydrogens is 378 g/mol. The lowest BCUT2D eigenvalue weighted by Crippen LogP contribution is -2.27. The molecule has 6 nitrogen and oxygen atoms in total. The number of benzene rings is 2. The van der Waals surface area contributed by atoms with E-state index in [4.69, 9.17) is 5.11 Å². The SMILES string of the molecule is CC(C)(C)c1ccc(CNC=O)cc1.CC(C)O.Cc1ccc2c(c1)NC(=O)CN2. The van der Waals surface area contributed by atoms with Crippen LogP contribution in [-0.2, 0) is 21.5 Å². The Balaban J connectivity index is 0.000000257. The summed E-state index contributed by atoms with van der Waals surface area (Å²) in [4.78, 5) is 21.1. The first kappa shape index (κ1) is 25.2. The summed E-state index contributed by atoms with van der Waals surface area (Å²) in [6, 6.07) is 14.3. The third-order valence-corrected chi connectivity index (χ3v) is 4.10. The second kappa shape index (κ2) is 12.0. The fraction of sp³-hybridized carbons (Fsp3) is 0.417. The summed E-state index contributed by atoms with van der Waals surface area (Å²) in [6.07, 6.45) is 0.553. The lowest BCUT2D eigenvalue weighted by molar-refractivity contribution is -0.114. The van der Waals surface area contributed by atoms with Crippen molar-refractivity contribution in [2.45, 2.75) is 59.6 Å². The van der Waals surface area contributed by atoms with Crippen molar-refractivity contribution in [3.8, 4) is 0 Å². The van der Waals surface area contributed by atoms with Crippen LogP contribution >= 0.6 is 0 Å². The summed E-state index contributed by atoms with van der Waals surface area (Å²) in [7, 11) is 0. The van der Waals surface area contributed by atoms with Gasteiger partial charge in [-0.1, -0.05) is 51.1 Å². The van der Waals surface area contributed by atoms with Gasteiger partial charge in [-0.15, -0.1) is 0 Å². The van der Waals surface area contributed by atoms with E-state index in [2.05, 4.69) is 61.0 Å². The Morgan fingerprint density at radius 2 is 1.70 bits per heavy atom. The minimum absolute atomic E-state index is 0.0214. The van der Waals surface area contributed by atoms with Crippen LogP contribution in [0.5, 0.6) is 0 Å². The van der Waals surface area contributed by atoms with Crippen molar-refractivity contribution < 1.29 is 14.7 Å². The zero-order valence-electron chi connectivity index (χ0n) is 18.9. The van der Waals surface area contributed by atoms with Gasteiger partial charge in [-0.2, -0.15) is 0 Å². The summed E-state index contributed by atoms with van der Waals surface area (Å²) < 4.78 is 0. The normalized spacial score (nSPS) is 12.2. The van der Waals surface area contributed by atoms with E-state index >= 15 is 0 Å². The third-order valence-electron chi connectivity index (χ3n) is 4.10. The monoisotopic (exact) mass is 413 g/mol. The average Bonchev–Trinajstić information content (AvgIpc) is 2.65. The lowest BCUT2D eigenvalue weighted by Gasteiger charge is -2.19. The van der Waals surface area contributed by atoms with Crippen LogP contribution in [0.2, 0.25) is 0 Å². The molecule has 0 aliphatic carbocycles. The summed E-state index contributed by atoms with van der Waals surface area (Å²) in [6.45, 7) is 13.0. The van der Waals surface area contributed by atoms with Crippen LogP contribution in [0.15, 0.2) is 42.5 Å². The molecule has 2 aromatic rings. The molecule has 164 valence electrons. The van der Waals surface area contributed by atoms with Gasteiger partial charge in [0.1, 0.15) is 0 Å². The molecule has 0 saturated heterocycles. The van der Waals surface area contributed by atoms with E-state index in [9.17, 15) is 9.59 Å². The number of hydrogen-bond acceptors (Lipinski definition) is 4. The van der Waals surface area contributed by atoms with Crippen LogP contribution in [-0.4, -0.2) is 30.1 Å². The summed E-state index contributed by atoms with van der Waals surface area (Å²) in [5.41, 5.74) is 5.66. The number of aliphatic hydroxyl groups excluding tert-OH is 1. The molecule has 0 spiro atoms. The molecule has 6 heteroatoms. The fourth-order valence-electron chi connectivity index (χ4n) is 2.57. The Bertz CT molecular complexity index is 807. The van der Waals surface area contributed by atoms with Crippen molar-refractivity contribution in [3.63, 3.8) is 0 Å². The zero-order chi connectivity index (χ0) is 22.7. The van der Waals surface area contributed by atoms with E-state index in [0.717, 1.165) is 28.9 Å². The Morgan fingerprint density at radius 3 is 2.23 bits per heavy atom. The van der Waals surface area contributed by atoms with Gasteiger partial charge in [-0.25, -0.2) is 0 Å². The minimum Gasteiger partial charge on any atom is -0.394 e. The third kappa shape index (κ3) is 9.56. The molecule has 1 aliphatic heterocycles. The Kier molecular flexibility index (Phi) is 10.1. The summed E-state index contributed by atoms with van der Waals surface area (Å²) in [5.74, 6) is 0.0214. The van der Waals surface area contributed by atoms with Gasteiger partial charge in [-0.05, 0) is 55.0 Å². The van der Waals surface area contributed by atoms with Gasteiger partial charge < -0.3 is 21.1 Å². The van der Waals surface area contributed by atoms with Crippen LogP contribution in [0, 0.1) is 6.92 Å². The highest BCUT2D eigenvalue weighted by Crippen LogP contribution is 2.25. The minimum atomic E-state index is -0.167. The molecular formula is C24H35N3O3. The number of fused-ring (bicyclic) bond motifs is 1. The number of nitrogens with one attached hydrogen (secondary N) is 3. The number of aryl methyl sites for hydroxylation is 1. The molecule has 4 N–H and O–H groups in total. The van der Waals surface area contributed by atoms with E-state index < -0.39 is 0 Å². The predicted octanol–water partition coefficient (Wildman–Crippen LogP) is 3.98. The van der Waals surface area contributed by atoms with Crippen LogP contribution < -0.4 is 16.0 Å². The first-order valence-electron chi connectivity index (χ1n) is 10.1. The first-order valence-corrected chi connectivity index (χ1v) is 10.1. The maximum atomic E-state index is 11.0. The highest BCUT2D eigenvalue weighted by Gasteiger charge is 2.13. The quantitative estimate of drug-likeness (QED) is 0.573. The second-order valence-electron chi connectivity index (χ2n) is 8.49. The van der Waals surface area contributed by atoms with Crippen molar-refractivity contribution in [2.75, 3.05) is 17.2 Å². The number of carbonyl (C=O) groups is 2. The molecule has 1 heterocycles. The molecule has 3 rings (SSSR count). The topological polar surface area (TPSA) is 90.5 Å². The largest absolute Gasteiger partial charge is 0.394 e. The number of anilines is 2. The Labute approximate surface area is 180 Å². The Hall–Kier alpha value is -2.86. The van der Waals surface area contributed by atoms with Crippen LogP contribution in [0.1, 0.15) is 51.3 Å². The molecule has 0 aromatic heterocycles. The fourth-order valence-corrected chi connectivity index (χ4v) is 2.57. The molecule has 2 amide bonds. The number of amides is 2. The highest BCUT2D eigenvalue weighted by atomic mass is 16.3. The van der Waals surface area contributed by atoms with E-state index in [1.165, 1.54) is 5.56 Å². The number of rotatable bonds is 3.